The van der Waals surface area contributed by atoms with Gasteiger partial charge in [-0.15, -0.1) is 0 Å². The summed E-state index contributed by atoms with van der Waals surface area (Å²) in [6.45, 7) is 4.63. The molecule has 1 amide bonds. The lowest BCUT2D eigenvalue weighted by Gasteiger charge is -2.27. The van der Waals surface area contributed by atoms with Crippen molar-refractivity contribution in [3.63, 3.8) is 0 Å². The van der Waals surface area contributed by atoms with Crippen LogP contribution in [0.15, 0.2) is 41.2 Å². The Morgan fingerprint density at radius 2 is 2.12 bits per heavy atom. The van der Waals surface area contributed by atoms with Gasteiger partial charge in [0.05, 0.1) is 0 Å². The molecule has 0 bridgehead atoms. The maximum atomic E-state index is 12.8. The first-order valence-corrected chi connectivity index (χ1v) is 7.87. The molecular weight excluding hydrogens is 306 g/mol. The number of nitrogens with zero attached hydrogens (tertiary/aromatic N) is 4. The topological polar surface area (TPSA) is 87.9 Å². The van der Waals surface area contributed by atoms with E-state index in [-0.39, 0.29) is 17.9 Å². The van der Waals surface area contributed by atoms with Gasteiger partial charge in [-0.3, -0.25) is 4.79 Å². The van der Waals surface area contributed by atoms with Crippen molar-refractivity contribution in [2.75, 3.05) is 0 Å². The van der Waals surface area contributed by atoms with E-state index in [0.717, 1.165) is 11.1 Å². The molecule has 3 heterocycles. The highest BCUT2D eigenvalue weighted by molar-refractivity contribution is 5.98. The summed E-state index contributed by atoms with van der Waals surface area (Å²) in [5.41, 5.74) is 1.77. The third-order valence-corrected chi connectivity index (χ3v) is 4.22. The summed E-state index contributed by atoms with van der Waals surface area (Å²) in [6, 6.07) is 7.39. The van der Waals surface area contributed by atoms with Crippen LogP contribution in [0, 0.1) is 5.92 Å². The van der Waals surface area contributed by atoms with Crippen molar-refractivity contribution in [1.29, 1.82) is 0 Å². The van der Waals surface area contributed by atoms with Gasteiger partial charge in [-0.25, -0.2) is 4.98 Å². The van der Waals surface area contributed by atoms with E-state index < -0.39 is 0 Å². The van der Waals surface area contributed by atoms with Gasteiger partial charge in [0.15, 0.2) is 5.82 Å². The van der Waals surface area contributed by atoms with E-state index in [9.17, 15) is 4.79 Å². The van der Waals surface area contributed by atoms with Crippen LogP contribution >= 0.6 is 0 Å². The Hall–Kier alpha value is -2.96. The molecule has 0 radical (unpaired) electrons. The lowest BCUT2D eigenvalue weighted by atomic mass is 10.0. The summed E-state index contributed by atoms with van der Waals surface area (Å²) in [7, 11) is 0. The fraction of sp³-hybridized carbons (Fsp3) is 0.294. The zero-order chi connectivity index (χ0) is 16.7. The molecule has 3 aromatic rings. The van der Waals surface area contributed by atoms with Gasteiger partial charge in [0.1, 0.15) is 6.04 Å². The van der Waals surface area contributed by atoms with Gasteiger partial charge < -0.3 is 14.4 Å². The Bertz CT molecular complexity index is 869. The van der Waals surface area contributed by atoms with Crippen LogP contribution in [0.1, 0.15) is 41.7 Å². The number of hydrogen-bond donors (Lipinski definition) is 1. The predicted molar refractivity (Wildman–Crippen MR) is 85.8 cm³/mol. The van der Waals surface area contributed by atoms with E-state index in [2.05, 4.69) is 20.1 Å². The summed E-state index contributed by atoms with van der Waals surface area (Å²) in [5, 5.41) is 3.99. The normalized spacial score (nSPS) is 15.1. The number of aromatic nitrogens is 4. The molecule has 0 saturated heterocycles. The Labute approximate surface area is 138 Å². The smallest absolute Gasteiger partial charge is 0.255 e. The molecule has 122 valence electrons. The summed E-state index contributed by atoms with van der Waals surface area (Å²) in [6.07, 6.45) is 3.33. The Morgan fingerprint density at radius 1 is 1.29 bits per heavy atom. The van der Waals surface area contributed by atoms with Crippen LogP contribution in [0.4, 0.5) is 0 Å². The zero-order valence-corrected chi connectivity index (χ0v) is 13.4. The largest absolute Gasteiger partial charge is 0.342 e. The Morgan fingerprint density at radius 3 is 2.83 bits per heavy atom. The van der Waals surface area contributed by atoms with Crippen LogP contribution in [0.3, 0.4) is 0 Å². The summed E-state index contributed by atoms with van der Waals surface area (Å²) < 4.78 is 5.46. The van der Waals surface area contributed by atoms with Crippen LogP contribution < -0.4 is 0 Å². The van der Waals surface area contributed by atoms with Crippen molar-refractivity contribution in [2.24, 2.45) is 5.92 Å². The number of hydrogen-bond acceptors (Lipinski definition) is 5. The molecule has 1 atom stereocenters. The predicted octanol–water partition coefficient (Wildman–Crippen LogP) is 2.81. The summed E-state index contributed by atoms with van der Waals surface area (Å²) >= 11 is 0. The molecule has 1 aliphatic rings. The van der Waals surface area contributed by atoms with Crippen molar-refractivity contribution in [3.05, 3.63) is 53.7 Å². The van der Waals surface area contributed by atoms with Gasteiger partial charge in [-0.1, -0.05) is 37.2 Å². The van der Waals surface area contributed by atoms with Crippen molar-refractivity contribution >= 4 is 5.91 Å². The van der Waals surface area contributed by atoms with Gasteiger partial charge in [-0.2, -0.15) is 4.98 Å². The second-order valence-corrected chi connectivity index (χ2v) is 6.17. The molecule has 0 saturated carbocycles. The van der Waals surface area contributed by atoms with E-state index in [1.807, 2.05) is 38.1 Å². The zero-order valence-electron chi connectivity index (χ0n) is 13.4. The second kappa shape index (κ2) is 5.59. The third kappa shape index (κ3) is 2.29. The number of aromatic amines is 1. The van der Waals surface area contributed by atoms with Crippen molar-refractivity contribution in [1.82, 2.24) is 25.0 Å². The molecule has 1 N–H and O–H groups in total. The number of carbonyl (C=O) groups excluding carboxylic acids is 1. The maximum Gasteiger partial charge on any atom is 0.255 e. The lowest BCUT2D eigenvalue weighted by molar-refractivity contribution is 0.0596. The number of amides is 1. The molecule has 0 aliphatic carbocycles. The van der Waals surface area contributed by atoms with E-state index in [4.69, 9.17) is 4.52 Å². The highest BCUT2D eigenvalue weighted by atomic mass is 16.5. The van der Waals surface area contributed by atoms with Crippen molar-refractivity contribution in [3.8, 4) is 11.6 Å². The molecule has 1 aliphatic heterocycles. The molecule has 4 rings (SSSR count). The fourth-order valence-electron chi connectivity index (χ4n) is 3.12. The number of carbonyl (C=O) groups is 1. The number of fused-ring (bicyclic) bond motifs is 1. The molecule has 7 heteroatoms. The Balaban J connectivity index is 1.68. The lowest BCUT2D eigenvalue weighted by Crippen LogP contribution is -2.32. The number of H-pyrrole nitrogens is 1. The average Bonchev–Trinajstić information content (AvgIpc) is 3.29. The molecule has 0 spiro atoms. The standard InChI is InChI=1S/C17H17N5O2/c1-10(2)13(16-20-15(21-24-16)14-18-7-8-19-14)22-9-11-5-3-4-6-12(11)17(22)23/h3-8,10,13H,9H2,1-2H3,(H,18,19)/t13-/m1/s1. The van der Waals surface area contributed by atoms with Crippen molar-refractivity contribution < 1.29 is 9.32 Å². The Kier molecular flexibility index (Phi) is 3.41. The van der Waals surface area contributed by atoms with Crippen LogP contribution in [-0.2, 0) is 6.54 Å². The number of rotatable bonds is 4. The quantitative estimate of drug-likeness (QED) is 0.797. The first kappa shape index (κ1) is 14.6. The van der Waals surface area contributed by atoms with Crippen molar-refractivity contribution in [2.45, 2.75) is 26.4 Å². The third-order valence-electron chi connectivity index (χ3n) is 4.22. The van der Waals surface area contributed by atoms with Gasteiger partial charge in [0, 0.05) is 24.5 Å². The summed E-state index contributed by atoms with van der Waals surface area (Å²) in [5.74, 6) is 1.50. The maximum absolute atomic E-state index is 12.8. The minimum absolute atomic E-state index is 0.00190. The molecule has 24 heavy (non-hydrogen) atoms. The van der Waals surface area contributed by atoms with Crippen LogP contribution in [-0.4, -0.2) is 30.9 Å². The number of imidazole rings is 1. The van der Waals surface area contributed by atoms with Crippen LogP contribution in [0.5, 0.6) is 0 Å². The molecular formula is C17H17N5O2. The van der Waals surface area contributed by atoms with E-state index >= 15 is 0 Å². The fourth-order valence-corrected chi connectivity index (χ4v) is 3.12. The minimum Gasteiger partial charge on any atom is -0.342 e. The minimum atomic E-state index is -0.277. The highest BCUT2D eigenvalue weighted by Crippen LogP contribution is 2.35. The van der Waals surface area contributed by atoms with Gasteiger partial charge in [-0.05, 0) is 17.5 Å². The van der Waals surface area contributed by atoms with Crippen LogP contribution in [0.2, 0.25) is 0 Å². The van der Waals surface area contributed by atoms with Gasteiger partial charge >= 0.3 is 0 Å². The van der Waals surface area contributed by atoms with Crippen LogP contribution in [0.25, 0.3) is 11.6 Å². The highest BCUT2D eigenvalue weighted by Gasteiger charge is 2.37. The van der Waals surface area contributed by atoms with E-state index in [1.165, 1.54) is 0 Å². The SMILES string of the molecule is CC(C)[C@H](c1nc(-c2ncc[nH]2)no1)N1Cc2ccccc2C1=O. The average molecular weight is 323 g/mol. The van der Waals surface area contributed by atoms with E-state index in [0.29, 0.717) is 24.1 Å². The number of benzene rings is 1. The first-order chi connectivity index (χ1) is 11.6. The van der Waals surface area contributed by atoms with Gasteiger partial charge in [0.25, 0.3) is 5.91 Å². The summed E-state index contributed by atoms with van der Waals surface area (Å²) in [4.78, 5) is 26.1. The van der Waals surface area contributed by atoms with E-state index in [1.54, 1.807) is 17.3 Å². The number of nitrogens with one attached hydrogen (secondary N) is 1. The molecule has 0 unspecified atom stereocenters. The molecule has 1 aromatic carbocycles. The van der Waals surface area contributed by atoms with Gasteiger partial charge in [0.2, 0.25) is 11.7 Å². The monoisotopic (exact) mass is 323 g/mol. The molecule has 0 fully saturated rings. The molecule has 2 aromatic heterocycles. The second-order valence-electron chi connectivity index (χ2n) is 6.17. The molecule has 7 nitrogen and oxygen atoms in total. The first-order valence-electron chi connectivity index (χ1n) is 7.87.